The summed E-state index contributed by atoms with van der Waals surface area (Å²) in [5.41, 5.74) is 6.69. The van der Waals surface area contributed by atoms with Gasteiger partial charge >= 0.3 is 0 Å². The topological polar surface area (TPSA) is 26.0 Å². The molecular formula is C15H29N. The third-order valence-corrected chi connectivity index (χ3v) is 5.10. The Morgan fingerprint density at radius 1 is 0.812 bits per heavy atom. The molecule has 2 rings (SSSR count). The molecule has 0 aromatic rings. The molecule has 94 valence electrons. The molecule has 0 spiro atoms. The van der Waals surface area contributed by atoms with Crippen molar-refractivity contribution in [3.63, 3.8) is 0 Å². The summed E-state index contributed by atoms with van der Waals surface area (Å²) < 4.78 is 0. The molecule has 0 radical (unpaired) electrons. The van der Waals surface area contributed by atoms with Gasteiger partial charge in [0.05, 0.1) is 0 Å². The van der Waals surface area contributed by atoms with Gasteiger partial charge in [-0.1, -0.05) is 51.4 Å². The van der Waals surface area contributed by atoms with Crippen LogP contribution in [-0.2, 0) is 0 Å². The van der Waals surface area contributed by atoms with Gasteiger partial charge in [-0.3, -0.25) is 0 Å². The molecule has 2 saturated carbocycles. The van der Waals surface area contributed by atoms with Crippen molar-refractivity contribution >= 4 is 0 Å². The van der Waals surface area contributed by atoms with Gasteiger partial charge in [0, 0.05) is 5.54 Å². The molecule has 1 heteroatoms. The highest BCUT2D eigenvalue weighted by atomic mass is 14.7. The first kappa shape index (κ1) is 12.4. The van der Waals surface area contributed by atoms with Gasteiger partial charge < -0.3 is 5.73 Å². The summed E-state index contributed by atoms with van der Waals surface area (Å²) in [6, 6.07) is 0. The monoisotopic (exact) mass is 223 g/mol. The first-order chi connectivity index (χ1) is 7.68. The quantitative estimate of drug-likeness (QED) is 0.652. The molecule has 3 atom stereocenters. The van der Waals surface area contributed by atoms with Gasteiger partial charge in [-0.25, -0.2) is 0 Å². The SMILES string of the molecule is CC1(N)CCCCCC2CCCCC1CC2. The summed E-state index contributed by atoms with van der Waals surface area (Å²) in [5, 5.41) is 0. The molecule has 0 amide bonds. The predicted molar refractivity (Wildman–Crippen MR) is 70.4 cm³/mol. The molecule has 1 nitrogen and oxygen atoms in total. The number of hydrogen-bond acceptors (Lipinski definition) is 1. The zero-order valence-corrected chi connectivity index (χ0v) is 11.0. The van der Waals surface area contributed by atoms with E-state index >= 15 is 0 Å². The van der Waals surface area contributed by atoms with Crippen molar-refractivity contribution in [1.29, 1.82) is 0 Å². The van der Waals surface area contributed by atoms with E-state index in [-0.39, 0.29) is 5.54 Å². The fraction of sp³-hybridized carbons (Fsp3) is 1.00. The lowest BCUT2D eigenvalue weighted by atomic mass is 9.72. The first-order valence-corrected chi connectivity index (χ1v) is 7.47. The van der Waals surface area contributed by atoms with Crippen molar-refractivity contribution in [2.75, 3.05) is 0 Å². The van der Waals surface area contributed by atoms with Gasteiger partial charge in [0.1, 0.15) is 0 Å². The first-order valence-electron chi connectivity index (χ1n) is 7.47. The van der Waals surface area contributed by atoms with Crippen LogP contribution in [0.25, 0.3) is 0 Å². The normalized spacial score (nSPS) is 42.4. The van der Waals surface area contributed by atoms with Gasteiger partial charge in [-0.15, -0.1) is 0 Å². The Labute approximate surface area is 101 Å². The molecule has 2 aliphatic rings. The molecule has 2 bridgehead atoms. The lowest BCUT2D eigenvalue weighted by Crippen LogP contribution is -2.44. The maximum atomic E-state index is 6.57. The van der Waals surface area contributed by atoms with Crippen LogP contribution in [0.15, 0.2) is 0 Å². The molecule has 2 N–H and O–H groups in total. The van der Waals surface area contributed by atoms with Crippen molar-refractivity contribution in [3.8, 4) is 0 Å². The fourth-order valence-corrected chi connectivity index (χ4v) is 3.82. The van der Waals surface area contributed by atoms with E-state index in [0.29, 0.717) is 0 Å². The molecule has 2 fully saturated rings. The van der Waals surface area contributed by atoms with Crippen LogP contribution in [0.3, 0.4) is 0 Å². The largest absolute Gasteiger partial charge is 0.325 e. The third kappa shape index (κ3) is 3.23. The predicted octanol–water partition coefficient (Wildman–Crippen LogP) is 4.25. The Hall–Kier alpha value is -0.0400. The maximum absolute atomic E-state index is 6.57. The Morgan fingerprint density at radius 3 is 2.31 bits per heavy atom. The van der Waals surface area contributed by atoms with Crippen LogP contribution in [-0.4, -0.2) is 5.54 Å². The smallest absolute Gasteiger partial charge is 0.0154 e. The Morgan fingerprint density at radius 2 is 1.50 bits per heavy atom. The second-order valence-electron chi connectivity index (χ2n) is 6.53. The molecule has 0 saturated heterocycles. The summed E-state index contributed by atoms with van der Waals surface area (Å²) in [7, 11) is 0. The van der Waals surface area contributed by atoms with Crippen molar-refractivity contribution < 1.29 is 0 Å². The van der Waals surface area contributed by atoms with Gasteiger partial charge in [0.2, 0.25) is 0 Å². The number of hydrogen-bond donors (Lipinski definition) is 1. The van der Waals surface area contributed by atoms with Crippen molar-refractivity contribution in [2.24, 2.45) is 17.6 Å². The van der Waals surface area contributed by atoms with E-state index in [4.69, 9.17) is 5.73 Å². The summed E-state index contributed by atoms with van der Waals surface area (Å²) in [6.07, 6.45) is 15.6. The standard InChI is InChI=1S/C15H29N/c1-15(16)12-6-2-3-7-13-8-4-5-9-14(15)11-10-13/h13-14H,2-12,16H2,1H3. The Kier molecular flexibility index (Phi) is 4.29. The van der Waals surface area contributed by atoms with Crippen LogP contribution in [0, 0.1) is 11.8 Å². The van der Waals surface area contributed by atoms with Gasteiger partial charge in [0.15, 0.2) is 0 Å². The maximum Gasteiger partial charge on any atom is 0.0154 e. The highest BCUT2D eigenvalue weighted by molar-refractivity contribution is 4.88. The average Bonchev–Trinajstić information content (AvgIpc) is 2.19. The zero-order valence-electron chi connectivity index (χ0n) is 11.0. The molecule has 2 aliphatic carbocycles. The minimum absolute atomic E-state index is 0.124. The second-order valence-corrected chi connectivity index (χ2v) is 6.53. The van der Waals surface area contributed by atoms with Crippen LogP contribution >= 0.6 is 0 Å². The molecule has 0 aromatic carbocycles. The molecule has 0 aromatic heterocycles. The molecule has 0 aliphatic heterocycles. The minimum Gasteiger partial charge on any atom is -0.325 e. The van der Waals surface area contributed by atoms with E-state index in [2.05, 4.69) is 6.92 Å². The Bertz CT molecular complexity index is 209. The molecule has 16 heavy (non-hydrogen) atoms. The molecule has 0 heterocycles. The average molecular weight is 223 g/mol. The van der Waals surface area contributed by atoms with Crippen molar-refractivity contribution in [3.05, 3.63) is 0 Å². The third-order valence-electron chi connectivity index (χ3n) is 5.10. The van der Waals surface area contributed by atoms with Gasteiger partial charge in [0.25, 0.3) is 0 Å². The minimum atomic E-state index is 0.124. The number of fused-ring (bicyclic) bond motifs is 3. The summed E-state index contributed by atoms with van der Waals surface area (Å²) in [6.45, 7) is 2.32. The van der Waals surface area contributed by atoms with Crippen LogP contribution in [0.5, 0.6) is 0 Å². The number of rotatable bonds is 0. The van der Waals surface area contributed by atoms with Crippen LogP contribution in [0.2, 0.25) is 0 Å². The second kappa shape index (κ2) is 5.53. The summed E-state index contributed by atoms with van der Waals surface area (Å²) in [5.74, 6) is 1.82. The summed E-state index contributed by atoms with van der Waals surface area (Å²) in [4.78, 5) is 0. The Balaban J connectivity index is 2.04. The molecule has 3 unspecified atom stereocenters. The van der Waals surface area contributed by atoms with Gasteiger partial charge in [-0.05, 0) is 38.0 Å². The van der Waals surface area contributed by atoms with E-state index < -0.39 is 0 Å². The molecular weight excluding hydrogens is 194 g/mol. The van der Waals surface area contributed by atoms with E-state index in [1.165, 1.54) is 70.6 Å². The highest BCUT2D eigenvalue weighted by Gasteiger charge is 2.31. The highest BCUT2D eigenvalue weighted by Crippen LogP contribution is 2.37. The van der Waals surface area contributed by atoms with E-state index in [9.17, 15) is 0 Å². The van der Waals surface area contributed by atoms with Crippen molar-refractivity contribution in [2.45, 2.75) is 83.1 Å². The zero-order chi connectivity index (χ0) is 11.4. The van der Waals surface area contributed by atoms with E-state index in [0.717, 1.165) is 11.8 Å². The van der Waals surface area contributed by atoms with E-state index in [1.54, 1.807) is 0 Å². The lowest BCUT2D eigenvalue weighted by Gasteiger charge is -2.38. The summed E-state index contributed by atoms with van der Waals surface area (Å²) >= 11 is 0. The number of nitrogens with two attached hydrogens (primary N) is 1. The van der Waals surface area contributed by atoms with Gasteiger partial charge in [-0.2, -0.15) is 0 Å². The van der Waals surface area contributed by atoms with Crippen LogP contribution < -0.4 is 5.73 Å². The van der Waals surface area contributed by atoms with Crippen LogP contribution in [0.4, 0.5) is 0 Å². The van der Waals surface area contributed by atoms with Crippen LogP contribution in [0.1, 0.15) is 77.6 Å². The fourth-order valence-electron chi connectivity index (χ4n) is 3.82. The van der Waals surface area contributed by atoms with Crippen molar-refractivity contribution in [1.82, 2.24) is 0 Å². The lowest BCUT2D eigenvalue weighted by molar-refractivity contribution is 0.188. The van der Waals surface area contributed by atoms with E-state index in [1.807, 2.05) is 0 Å².